The first-order valence-corrected chi connectivity index (χ1v) is 17.1. The topological polar surface area (TPSA) is 86.8 Å². The highest BCUT2D eigenvalue weighted by Gasteiger charge is 2.35. The Morgan fingerprint density at radius 3 is 2.02 bits per heavy atom. The maximum absolute atomic E-state index is 14.5. The van der Waals surface area contributed by atoms with Crippen LogP contribution >= 0.6 is 11.6 Å². The Morgan fingerprint density at radius 1 is 0.778 bits per heavy atom. The van der Waals surface area contributed by atoms with Crippen molar-refractivity contribution in [3.05, 3.63) is 131 Å². The maximum Gasteiger partial charge on any atom is 0.264 e. The van der Waals surface area contributed by atoms with Crippen LogP contribution < -0.4 is 9.62 Å². The number of benzene rings is 4. The lowest BCUT2D eigenvalue weighted by Crippen LogP contribution is -2.55. The van der Waals surface area contributed by atoms with Crippen LogP contribution in [0.25, 0.3) is 0 Å². The number of anilines is 1. The molecule has 0 unspecified atom stereocenters. The van der Waals surface area contributed by atoms with Crippen molar-refractivity contribution >= 4 is 39.1 Å². The first-order valence-electron chi connectivity index (χ1n) is 15.3. The van der Waals surface area contributed by atoms with Gasteiger partial charge in [-0.3, -0.25) is 13.9 Å². The molecule has 0 saturated heterocycles. The Morgan fingerprint density at radius 2 is 1.38 bits per heavy atom. The van der Waals surface area contributed by atoms with E-state index >= 15 is 0 Å². The predicted octanol–water partition coefficient (Wildman–Crippen LogP) is 6.62. The van der Waals surface area contributed by atoms with E-state index in [0.29, 0.717) is 10.7 Å². The molecule has 0 aliphatic heterocycles. The molecule has 0 spiro atoms. The molecule has 7 nitrogen and oxygen atoms in total. The van der Waals surface area contributed by atoms with Gasteiger partial charge in [0.2, 0.25) is 11.8 Å². The Kier molecular flexibility index (Phi) is 10.9. The molecule has 1 aliphatic carbocycles. The molecule has 1 atom stereocenters. The van der Waals surface area contributed by atoms with Crippen LogP contribution in [-0.2, 0) is 32.6 Å². The van der Waals surface area contributed by atoms with E-state index in [4.69, 9.17) is 11.6 Å². The van der Waals surface area contributed by atoms with E-state index in [2.05, 4.69) is 5.32 Å². The second-order valence-corrected chi connectivity index (χ2v) is 13.7. The van der Waals surface area contributed by atoms with E-state index in [1.54, 1.807) is 66.7 Å². The maximum atomic E-state index is 14.5. The van der Waals surface area contributed by atoms with Gasteiger partial charge in [0.25, 0.3) is 10.0 Å². The van der Waals surface area contributed by atoms with Crippen LogP contribution in [0.4, 0.5) is 5.69 Å². The zero-order chi connectivity index (χ0) is 31.6. The van der Waals surface area contributed by atoms with Crippen molar-refractivity contribution in [2.24, 2.45) is 0 Å². The minimum atomic E-state index is -4.13. The van der Waals surface area contributed by atoms with Crippen molar-refractivity contribution in [2.45, 2.75) is 62.0 Å². The molecule has 45 heavy (non-hydrogen) atoms. The van der Waals surface area contributed by atoms with Crippen molar-refractivity contribution in [3.8, 4) is 0 Å². The molecular weight excluding hydrogens is 606 g/mol. The summed E-state index contributed by atoms with van der Waals surface area (Å²) in [5, 5.41) is 3.73. The minimum absolute atomic E-state index is 0.0342. The van der Waals surface area contributed by atoms with Crippen LogP contribution in [0, 0.1) is 0 Å². The fourth-order valence-electron chi connectivity index (χ4n) is 5.77. The number of nitrogens with one attached hydrogen (secondary N) is 1. The Labute approximate surface area is 270 Å². The van der Waals surface area contributed by atoms with Crippen LogP contribution in [0.5, 0.6) is 0 Å². The summed E-state index contributed by atoms with van der Waals surface area (Å²) in [5.41, 5.74) is 1.97. The van der Waals surface area contributed by atoms with Gasteiger partial charge in [0.15, 0.2) is 0 Å². The average Bonchev–Trinajstić information content (AvgIpc) is 3.07. The zero-order valence-corrected chi connectivity index (χ0v) is 26.7. The predicted molar refractivity (Wildman–Crippen MR) is 178 cm³/mol. The first-order chi connectivity index (χ1) is 21.8. The second kappa shape index (κ2) is 15.2. The third-order valence-corrected chi connectivity index (χ3v) is 10.1. The monoisotopic (exact) mass is 643 g/mol. The van der Waals surface area contributed by atoms with E-state index in [1.165, 1.54) is 17.0 Å². The highest BCUT2D eigenvalue weighted by molar-refractivity contribution is 7.92. The molecule has 1 N–H and O–H groups in total. The molecule has 0 radical (unpaired) electrons. The molecule has 5 rings (SSSR count). The number of amides is 2. The van der Waals surface area contributed by atoms with Crippen molar-refractivity contribution in [2.75, 3.05) is 10.8 Å². The third kappa shape index (κ3) is 8.53. The van der Waals surface area contributed by atoms with E-state index < -0.39 is 28.5 Å². The summed E-state index contributed by atoms with van der Waals surface area (Å²) in [5.74, 6) is -0.753. The molecule has 4 aromatic carbocycles. The lowest BCUT2D eigenvalue weighted by Gasteiger charge is -2.35. The lowest BCUT2D eigenvalue weighted by molar-refractivity contribution is -0.140. The number of rotatable bonds is 12. The average molecular weight is 644 g/mol. The summed E-state index contributed by atoms with van der Waals surface area (Å²) < 4.78 is 29.1. The molecule has 2 amide bonds. The van der Waals surface area contributed by atoms with Gasteiger partial charge in [-0.2, -0.15) is 0 Å². The zero-order valence-electron chi connectivity index (χ0n) is 25.1. The summed E-state index contributed by atoms with van der Waals surface area (Å²) in [6.07, 6.45) is 5.28. The SMILES string of the molecule is O=C(NC1CCCCC1)[C@@H](Cc1ccccc1)N(Cc1cccc(Cl)c1)C(=O)CN(c1ccccc1)S(=O)(=O)c1ccccc1. The number of hydrogen-bond acceptors (Lipinski definition) is 4. The molecule has 1 fully saturated rings. The smallest absolute Gasteiger partial charge is 0.264 e. The van der Waals surface area contributed by atoms with Crippen LogP contribution in [-0.4, -0.2) is 43.8 Å². The molecule has 9 heteroatoms. The highest BCUT2D eigenvalue weighted by Crippen LogP contribution is 2.26. The van der Waals surface area contributed by atoms with E-state index in [-0.39, 0.29) is 29.8 Å². The number of sulfonamides is 1. The number of carbonyl (C=O) groups is 2. The Hall–Kier alpha value is -4.14. The van der Waals surface area contributed by atoms with E-state index in [0.717, 1.165) is 47.5 Å². The largest absolute Gasteiger partial charge is 0.352 e. The fraction of sp³-hybridized carbons (Fsp3) is 0.278. The van der Waals surface area contributed by atoms with Crippen LogP contribution in [0.2, 0.25) is 5.02 Å². The van der Waals surface area contributed by atoms with Gasteiger partial charge in [-0.15, -0.1) is 0 Å². The van der Waals surface area contributed by atoms with Crippen LogP contribution in [0.3, 0.4) is 0 Å². The van der Waals surface area contributed by atoms with Crippen molar-refractivity contribution in [3.63, 3.8) is 0 Å². The summed E-state index contributed by atoms with van der Waals surface area (Å²) in [7, 11) is -4.13. The number of carbonyl (C=O) groups excluding carboxylic acids is 2. The molecule has 0 heterocycles. The Balaban J connectivity index is 1.54. The summed E-state index contributed by atoms with van der Waals surface area (Å²) >= 11 is 6.33. The second-order valence-electron chi connectivity index (χ2n) is 11.4. The summed E-state index contributed by atoms with van der Waals surface area (Å²) in [4.78, 5) is 30.2. The molecule has 1 aliphatic rings. The van der Waals surface area contributed by atoms with Gasteiger partial charge < -0.3 is 10.2 Å². The first kappa shape index (κ1) is 32.3. The van der Waals surface area contributed by atoms with Crippen molar-refractivity contribution < 1.29 is 18.0 Å². The molecule has 4 aromatic rings. The molecular formula is C36H38ClN3O4S. The molecule has 0 bridgehead atoms. The summed E-state index contributed by atoms with van der Waals surface area (Å²) in [6.45, 7) is -0.424. The number of nitrogens with zero attached hydrogens (tertiary/aromatic N) is 2. The van der Waals surface area contributed by atoms with Gasteiger partial charge in [-0.05, 0) is 60.4 Å². The normalized spacial score (nSPS) is 14.3. The van der Waals surface area contributed by atoms with Gasteiger partial charge in [-0.25, -0.2) is 8.42 Å². The van der Waals surface area contributed by atoms with Crippen LogP contribution in [0.15, 0.2) is 120 Å². The number of para-hydroxylation sites is 1. The lowest BCUT2D eigenvalue weighted by atomic mass is 9.94. The molecule has 1 saturated carbocycles. The summed E-state index contributed by atoms with van der Waals surface area (Å²) in [6, 6.07) is 32.5. The van der Waals surface area contributed by atoms with E-state index in [9.17, 15) is 18.0 Å². The number of hydrogen-bond donors (Lipinski definition) is 1. The van der Waals surface area contributed by atoms with Gasteiger partial charge in [0.05, 0.1) is 10.6 Å². The quantitative estimate of drug-likeness (QED) is 0.188. The minimum Gasteiger partial charge on any atom is -0.352 e. The van der Waals surface area contributed by atoms with Gasteiger partial charge in [0.1, 0.15) is 12.6 Å². The van der Waals surface area contributed by atoms with Crippen LogP contribution in [0.1, 0.15) is 43.2 Å². The van der Waals surface area contributed by atoms with Crippen molar-refractivity contribution in [1.29, 1.82) is 0 Å². The highest BCUT2D eigenvalue weighted by atomic mass is 35.5. The number of halogens is 1. The van der Waals surface area contributed by atoms with Crippen molar-refractivity contribution in [1.82, 2.24) is 10.2 Å². The van der Waals surface area contributed by atoms with E-state index in [1.807, 2.05) is 36.4 Å². The van der Waals surface area contributed by atoms with Gasteiger partial charge >= 0.3 is 0 Å². The van der Waals surface area contributed by atoms with Gasteiger partial charge in [0, 0.05) is 24.0 Å². The third-order valence-electron chi connectivity index (χ3n) is 8.12. The molecule has 234 valence electrons. The Bertz CT molecular complexity index is 1660. The fourth-order valence-corrected chi connectivity index (χ4v) is 7.42. The standard InChI is InChI=1S/C36H38ClN3O4S/c37-30-17-13-16-29(24-30)26-39(34(25-28-14-5-1-6-15-28)36(42)38-31-18-7-2-8-19-31)35(41)27-40(32-20-9-3-10-21-32)45(43,44)33-22-11-4-12-23-33/h1,3-6,9-17,20-24,31,34H,2,7-8,18-19,25-27H2,(H,38,42)/t34-/m1/s1. The van der Waals surface area contributed by atoms with Gasteiger partial charge in [-0.1, -0.05) is 110 Å². The molecule has 0 aromatic heterocycles.